The van der Waals surface area contributed by atoms with Crippen molar-refractivity contribution in [1.82, 2.24) is 4.98 Å². The van der Waals surface area contributed by atoms with Crippen LogP contribution in [0, 0.1) is 6.07 Å². The molecule has 0 fully saturated rings. The average Bonchev–Trinajstić information content (AvgIpc) is 2.81. The summed E-state index contributed by atoms with van der Waals surface area (Å²) in [5.74, 6) is 1.46. The normalized spacial score (nSPS) is 10.0. The first-order valence-corrected chi connectivity index (χ1v) is 4.62. The molecular weight excluding hydrogens is 190 g/mol. The monoisotopic (exact) mass is 202 g/mol. The van der Waals surface area contributed by atoms with Crippen LogP contribution in [0.25, 0.3) is 11.1 Å². The number of benzene rings is 1. The first kappa shape index (κ1) is 9.65. The summed E-state index contributed by atoms with van der Waals surface area (Å²) >= 11 is 0. The zero-order chi connectivity index (χ0) is 10.7. The van der Waals surface area contributed by atoms with Crippen molar-refractivity contribution < 1.29 is 9.47 Å². The Morgan fingerprint density at radius 1 is 1.13 bits per heavy atom. The van der Waals surface area contributed by atoms with E-state index in [1.807, 2.05) is 24.4 Å². The van der Waals surface area contributed by atoms with E-state index in [4.69, 9.17) is 9.47 Å². The molecule has 2 rings (SSSR count). The van der Waals surface area contributed by atoms with Crippen LogP contribution in [0.4, 0.5) is 0 Å². The molecule has 0 saturated carbocycles. The van der Waals surface area contributed by atoms with Gasteiger partial charge in [-0.2, -0.15) is 0 Å². The van der Waals surface area contributed by atoms with Gasteiger partial charge in [0.2, 0.25) is 0 Å². The Morgan fingerprint density at radius 3 is 2.53 bits per heavy atom. The minimum atomic E-state index is 0.726. The van der Waals surface area contributed by atoms with Crippen molar-refractivity contribution in [1.29, 1.82) is 0 Å². The lowest BCUT2D eigenvalue weighted by atomic mass is 10.1. The van der Waals surface area contributed by atoms with Crippen molar-refractivity contribution in [2.75, 3.05) is 14.2 Å². The van der Waals surface area contributed by atoms with Crippen molar-refractivity contribution in [3.8, 4) is 22.6 Å². The lowest BCUT2D eigenvalue weighted by molar-refractivity contribution is 0.355. The molecule has 0 unspecified atom stereocenters. The number of hydrogen-bond acceptors (Lipinski definition) is 2. The smallest absolute Gasteiger partial charge is 0.161 e. The second-order valence-electron chi connectivity index (χ2n) is 3.08. The van der Waals surface area contributed by atoms with Crippen LogP contribution in [0.5, 0.6) is 11.5 Å². The number of ether oxygens (including phenoxy) is 2. The maximum Gasteiger partial charge on any atom is 0.161 e. The molecule has 1 N–H and O–H groups in total. The second kappa shape index (κ2) is 4.09. The summed E-state index contributed by atoms with van der Waals surface area (Å²) in [4.78, 5) is 2.97. The number of aromatic nitrogens is 1. The van der Waals surface area contributed by atoms with Gasteiger partial charge in [-0.15, -0.1) is 0 Å². The van der Waals surface area contributed by atoms with Gasteiger partial charge in [-0.25, -0.2) is 0 Å². The fourth-order valence-electron chi connectivity index (χ4n) is 1.46. The van der Waals surface area contributed by atoms with Gasteiger partial charge in [0.15, 0.2) is 11.5 Å². The van der Waals surface area contributed by atoms with E-state index in [0.29, 0.717) is 0 Å². The molecule has 0 atom stereocenters. The molecule has 3 heteroatoms. The van der Waals surface area contributed by atoms with Crippen molar-refractivity contribution in [2.45, 2.75) is 0 Å². The highest BCUT2D eigenvalue weighted by Crippen LogP contribution is 2.31. The Labute approximate surface area is 88.7 Å². The molecule has 0 amide bonds. The minimum absolute atomic E-state index is 0.726. The Kier molecular flexibility index (Phi) is 2.63. The molecular formula is C12H12NO2. The lowest BCUT2D eigenvalue weighted by Gasteiger charge is -2.08. The highest BCUT2D eigenvalue weighted by Gasteiger charge is 2.05. The van der Waals surface area contributed by atoms with Crippen LogP contribution in [-0.2, 0) is 0 Å². The van der Waals surface area contributed by atoms with Crippen molar-refractivity contribution in [3.63, 3.8) is 0 Å². The Morgan fingerprint density at radius 2 is 1.93 bits per heavy atom. The van der Waals surface area contributed by atoms with Crippen LogP contribution in [0.2, 0.25) is 0 Å². The third-order valence-corrected chi connectivity index (χ3v) is 2.23. The third kappa shape index (κ3) is 1.81. The van der Waals surface area contributed by atoms with Gasteiger partial charge in [0.1, 0.15) is 0 Å². The van der Waals surface area contributed by atoms with E-state index < -0.39 is 0 Å². The third-order valence-electron chi connectivity index (χ3n) is 2.23. The predicted octanol–water partition coefficient (Wildman–Crippen LogP) is 2.50. The fourth-order valence-corrected chi connectivity index (χ4v) is 1.46. The van der Waals surface area contributed by atoms with Crippen molar-refractivity contribution in [3.05, 3.63) is 36.7 Å². The number of methoxy groups -OCH3 is 2. The zero-order valence-corrected chi connectivity index (χ0v) is 8.70. The Balaban J connectivity index is 2.43. The maximum absolute atomic E-state index is 5.23. The number of aromatic amines is 1. The van der Waals surface area contributed by atoms with Gasteiger partial charge in [-0.05, 0) is 17.7 Å². The first-order valence-electron chi connectivity index (χ1n) is 4.62. The summed E-state index contributed by atoms with van der Waals surface area (Å²) in [5, 5.41) is 0. The molecule has 0 saturated heterocycles. The van der Waals surface area contributed by atoms with Crippen LogP contribution in [0.1, 0.15) is 0 Å². The summed E-state index contributed by atoms with van der Waals surface area (Å²) in [6.07, 6.45) is 3.66. The molecule has 1 aromatic carbocycles. The number of rotatable bonds is 3. The van der Waals surface area contributed by atoms with Crippen LogP contribution >= 0.6 is 0 Å². The molecule has 0 spiro atoms. The van der Waals surface area contributed by atoms with Crippen LogP contribution in [-0.4, -0.2) is 19.2 Å². The summed E-state index contributed by atoms with van der Waals surface area (Å²) in [7, 11) is 3.25. The largest absolute Gasteiger partial charge is 0.493 e. The van der Waals surface area contributed by atoms with E-state index in [1.54, 1.807) is 20.4 Å². The molecule has 1 heterocycles. The van der Waals surface area contributed by atoms with Gasteiger partial charge in [0.25, 0.3) is 0 Å². The highest BCUT2D eigenvalue weighted by atomic mass is 16.5. The molecule has 2 aromatic rings. The first-order chi connectivity index (χ1) is 7.35. The lowest BCUT2D eigenvalue weighted by Crippen LogP contribution is -1.90. The maximum atomic E-state index is 5.23. The van der Waals surface area contributed by atoms with E-state index >= 15 is 0 Å². The number of nitrogens with one attached hydrogen (secondary N) is 1. The molecule has 0 aliphatic carbocycles. The fraction of sp³-hybridized carbons (Fsp3) is 0.167. The summed E-state index contributed by atoms with van der Waals surface area (Å²) < 4.78 is 10.4. The summed E-state index contributed by atoms with van der Waals surface area (Å²) in [6.45, 7) is 0. The quantitative estimate of drug-likeness (QED) is 0.829. The molecule has 77 valence electrons. The molecule has 3 nitrogen and oxygen atoms in total. The van der Waals surface area contributed by atoms with Gasteiger partial charge < -0.3 is 14.5 Å². The highest BCUT2D eigenvalue weighted by molar-refractivity contribution is 5.66. The topological polar surface area (TPSA) is 34.2 Å². The van der Waals surface area contributed by atoms with Gasteiger partial charge in [0, 0.05) is 24.0 Å². The standard InChI is InChI=1S/C12H12NO2/c1-14-11-4-3-9(7-12(11)15-2)10-5-6-13-8-10/h3-4,6-8,13H,1-2H3. The van der Waals surface area contributed by atoms with Crippen molar-refractivity contribution >= 4 is 0 Å². The zero-order valence-electron chi connectivity index (χ0n) is 8.70. The van der Waals surface area contributed by atoms with Gasteiger partial charge in [0.05, 0.1) is 14.2 Å². The molecule has 0 aliphatic rings. The van der Waals surface area contributed by atoms with E-state index in [0.717, 1.165) is 22.6 Å². The molecule has 1 aromatic heterocycles. The Bertz CT molecular complexity index is 435. The van der Waals surface area contributed by atoms with Crippen LogP contribution in [0.15, 0.2) is 30.6 Å². The predicted molar refractivity (Wildman–Crippen MR) is 58.2 cm³/mol. The van der Waals surface area contributed by atoms with Gasteiger partial charge >= 0.3 is 0 Å². The summed E-state index contributed by atoms with van der Waals surface area (Å²) in [6, 6.07) is 8.88. The van der Waals surface area contributed by atoms with Crippen LogP contribution < -0.4 is 9.47 Å². The van der Waals surface area contributed by atoms with E-state index in [1.165, 1.54) is 0 Å². The SMILES string of the molecule is COc1ccc(-c2[c]c[nH]c2)cc1OC. The van der Waals surface area contributed by atoms with E-state index in [9.17, 15) is 0 Å². The number of H-pyrrole nitrogens is 1. The van der Waals surface area contributed by atoms with Gasteiger partial charge in [-0.1, -0.05) is 6.07 Å². The van der Waals surface area contributed by atoms with Crippen LogP contribution in [0.3, 0.4) is 0 Å². The Hall–Kier alpha value is -1.90. The second-order valence-corrected chi connectivity index (χ2v) is 3.08. The molecule has 1 radical (unpaired) electrons. The van der Waals surface area contributed by atoms with E-state index in [-0.39, 0.29) is 0 Å². The molecule has 15 heavy (non-hydrogen) atoms. The summed E-state index contributed by atoms with van der Waals surface area (Å²) in [5.41, 5.74) is 2.06. The average molecular weight is 202 g/mol. The molecule has 0 bridgehead atoms. The van der Waals surface area contributed by atoms with Crippen molar-refractivity contribution in [2.24, 2.45) is 0 Å². The number of hydrogen-bond donors (Lipinski definition) is 1. The van der Waals surface area contributed by atoms with E-state index in [2.05, 4.69) is 11.1 Å². The minimum Gasteiger partial charge on any atom is -0.493 e. The molecule has 0 aliphatic heterocycles. The van der Waals surface area contributed by atoms with Gasteiger partial charge in [-0.3, -0.25) is 0 Å².